The van der Waals surface area contributed by atoms with Crippen LogP contribution in [0.2, 0.25) is 0 Å². The summed E-state index contributed by atoms with van der Waals surface area (Å²) in [4.78, 5) is 8.93. The van der Waals surface area contributed by atoms with E-state index in [9.17, 15) is 0 Å². The predicted octanol–water partition coefficient (Wildman–Crippen LogP) is 2.48. The normalized spacial score (nSPS) is 13.5. The van der Waals surface area contributed by atoms with Gasteiger partial charge in [0, 0.05) is 31.5 Å². The van der Waals surface area contributed by atoms with Crippen molar-refractivity contribution in [1.29, 1.82) is 0 Å². The van der Waals surface area contributed by atoms with Gasteiger partial charge in [-0.25, -0.2) is 0 Å². The van der Waals surface area contributed by atoms with Crippen LogP contribution in [0.3, 0.4) is 0 Å². The minimum absolute atomic E-state index is 0.306. The molecule has 0 spiro atoms. The van der Waals surface area contributed by atoms with E-state index >= 15 is 0 Å². The number of aromatic nitrogens is 2. The van der Waals surface area contributed by atoms with Crippen LogP contribution in [0, 0.1) is 0 Å². The third kappa shape index (κ3) is 6.60. The first-order valence-corrected chi connectivity index (χ1v) is 7.94. The number of nitrogens with one attached hydrogen (secondary N) is 2. The van der Waals surface area contributed by atoms with Crippen molar-refractivity contribution in [2.24, 2.45) is 4.99 Å². The molecule has 1 atom stereocenters. The van der Waals surface area contributed by atoms with Gasteiger partial charge in [0.2, 0.25) is 5.89 Å². The Morgan fingerprint density at radius 2 is 2.05 bits per heavy atom. The summed E-state index contributed by atoms with van der Waals surface area (Å²) < 4.78 is 5.22. The minimum Gasteiger partial charge on any atom is -0.357 e. The van der Waals surface area contributed by atoms with E-state index < -0.39 is 0 Å². The molecule has 1 heterocycles. The van der Waals surface area contributed by atoms with Crippen LogP contribution in [0.4, 0.5) is 0 Å². The molecular weight excluding hydrogens is 266 g/mol. The molecule has 6 heteroatoms. The van der Waals surface area contributed by atoms with Gasteiger partial charge in [-0.15, -0.1) is 0 Å². The molecule has 0 aliphatic carbocycles. The summed E-state index contributed by atoms with van der Waals surface area (Å²) in [7, 11) is 0. The van der Waals surface area contributed by atoms with Gasteiger partial charge < -0.3 is 15.2 Å². The lowest BCUT2D eigenvalue weighted by atomic mass is 10.2. The summed E-state index contributed by atoms with van der Waals surface area (Å²) in [6.07, 6.45) is 2.74. The van der Waals surface area contributed by atoms with Crippen LogP contribution < -0.4 is 10.6 Å². The molecule has 21 heavy (non-hydrogen) atoms. The molecule has 1 rings (SSSR count). The van der Waals surface area contributed by atoms with Crippen molar-refractivity contribution < 1.29 is 4.52 Å². The fourth-order valence-electron chi connectivity index (χ4n) is 1.68. The van der Waals surface area contributed by atoms with Crippen molar-refractivity contribution in [2.45, 2.75) is 65.8 Å². The number of nitrogens with zero attached hydrogens (tertiary/aromatic N) is 3. The molecule has 6 nitrogen and oxygen atoms in total. The third-order valence-corrected chi connectivity index (χ3v) is 3.16. The molecule has 2 N–H and O–H groups in total. The van der Waals surface area contributed by atoms with Crippen LogP contribution in [0.15, 0.2) is 9.52 Å². The highest BCUT2D eigenvalue weighted by Gasteiger charge is 2.09. The van der Waals surface area contributed by atoms with E-state index in [1.165, 1.54) is 0 Å². The maximum absolute atomic E-state index is 5.22. The summed E-state index contributed by atoms with van der Waals surface area (Å²) in [6.45, 7) is 12.1. The van der Waals surface area contributed by atoms with Crippen LogP contribution in [0.1, 0.15) is 65.1 Å². The average molecular weight is 295 g/mol. The summed E-state index contributed by atoms with van der Waals surface area (Å²) in [5.74, 6) is 2.66. The second kappa shape index (κ2) is 9.37. The maximum atomic E-state index is 5.22. The Bertz CT molecular complexity index is 427. The SMILES string of the molecule is CCNC(=NCCCc1nc(C(C)C)no1)NC(C)CC. The van der Waals surface area contributed by atoms with Crippen molar-refractivity contribution in [3.8, 4) is 0 Å². The molecule has 0 saturated heterocycles. The van der Waals surface area contributed by atoms with Gasteiger partial charge in [0.25, 0.3) is 0 Å². The molecule has 0 radical (unpaired) electrons. The zero-order chi connectivity index (χ0) is 15.7. The smallest absolute Gasteiger partial charge is 0.226 e. The molecule has 0 aliphatic rings. The first-order chi connectivity index (χ1) is 10.1. The zero-order valence-corrected chi connectivity index (χ0v) is 13.9. The second-order valence-corrected chi connectivity index (χ2v) is 5.52. The summed E-state index contributed by atoms with van der Waals surface area (Å²) in [6, 6.07) is 0.423. The van der Waals surface area contributed by atoms with Crippen molar-refractivity contribution >= 4 is 5.96 Å². The van der Waals surface area contributed by atoms with Gasteiger partial charge in [-0.2, -0.15) is 4.98 Å². The molecule has 0 aromatic carbocycles. The van der Waals surface area contributed by atoms with E-state index in [-0.39, 0.29) is 0 Å². The molecule has 0 fully saturated rings. The molecule has 1 unspecified atom stereocenters. The first-order valence-electron chi connectivity index (χ1n) is 7.94. The van der Waals surface area contributed by atoms with Crippen LogP contribution in [0.5, 0.6) is 0 Å². The zero-order valence-electron chi connectivity index (χ0n) is 13.9. The van der Waals surface area contributed by atoms with Crippen molar-refractivity contribution in [3.63, 3.8) is 0 Å². The molecular formula is C15H29N5O. The van der Waals surface area contributed by atoms with Crippen molar-refractivity contribution in [2.75, 3.05) is 13.1 Å². The van der Waals surface area contributed by atoms with Crippen LogP contribution in [0.25, 0.3) is 0 Å². The topological polar surface area (TPSA) is 75.3 Å². The molecule has 120 valence electrons. The molecule has 0 amide bonds. The van der Waals surface area contributed by atoms with E-state index in [0.717, 1.165) is 44.1 Å². The largest absolute Gasteiger partial charge is 0.357 e. The van der Waals surface area contributed by atoms with E-state index in [1.54, 1.807) is 0 Å². The standard InChI is InChI=1S/C15H29N5O/c1-6-12(5)18-15(16-7-2)17-10-8-9-13-19-14(11(3)4)20-21-13/h11-12H,6-10H2,1-5H3,(H2,16,17,18). The fourth-order valence-corrected chi connectivity index (χ4v) is 1.68. The molecule has 0 aliphatic heterocycles. The Kier molecular flexibility index (Phi) is 7.79. The average Bonchev–Trinajstić information content (AvgIpc) is 2.92. The fraction of sp³-hybridized carbons (Fsp3) is 0.800. The van der Waals surface area contributed by atoms with E-state index in [4.69, 9.17) is 4.52 Å². The Morgan fingerprint density at radius 3 is 2.62 bits per heavy atom. The molecule has 0 bridgehead atoms. The highest BCUT2D eigenvalue weighted by molar-refractivity contribution is 5.79. The number of rotatable bonds is 8. The number of guanidine groups is 1. The monoisotopic (exact) mass is 295 g/mol. The van der Waals surface area contributed by atoms with E-state index in [2.05, 4.69) is 60.4 Å². The van der Waals surface area contributed by atoms with Crippen LogP contribution >= 0.6 is 0 Å². The number of aryl methyl sites for hydroxylation is 1. The van der Waals surface area contributed by atoms with Gasteiger partial charge in [-0.1, -0.05) is 25.9 Å². The van der Waals surface area contributed by atoms with Crippen LogP contribution in [-0.4, -0.2) is 35.2 Å². The first kappa shape index (κ1) is 17.5. The lowest BCUT2D eigenvalue weighted by molar-refractivity contribution is 0.369. The van der Waals surface area contributed by atoms with Crippen molar-refractivity contribution in [3.05, 3.63) is 11.7 Å². The van der Waals surface area contributed by atoms with Gasteiger partial charge in [0.15, 0.2) is 11.8 Å². The summed E-state index contributed by atoms with van der Waals surface area (Å²) in [5.41, 5.74) is 0. The van der Waals surface area contributed by atoms with E-state index in [1.807, 2.05) is 0 Å². The number of hydrogen-bond donors (Lipinski definition) is 2. The predicted molar refractivity (Wildman–Crippen MR) is 85.6 cm³/mol. The van der Waals surface area contributed by atoms with Gasteiger partial charge in [-0.05, 0) is 26.7 Å². The Morgan fingerprint density at radius 1 is 1.29 bits per heavy atom. The van der Waals surface area contributed by atoms with Crippen LogP contribution in [-0.2, 0) is 6.42 Å². The minimum atomic E-state index is 0.306. The number of hydrogen-bond acceptors (Lipinski definition) is 4. The van der Waals surface area contributed by atoms with Gasteiger partial charge >= 0.3 is 0 Å². The highest BCUT2D eigenvalue weighted by Crippen LogP contribution is 2.10. The van der Waals surface area contributed by atoms with E-state index in [0.29, 0.717) is 17.9 Å². The lowest BCUT2D eigenvalue weighted by Gasteiger charge is -2.16. The summed E-state index contributed by atoms with van der Waals surface area (Å²) in [5, 5.41) is 10.6. The van der Waals surface area contributed by atoms with Crippen molar-refractivity contribution in [1.82, 2.24) is 20.8 Å². The Balaban J connectivity index is 2.39. The third-order valence-electron chi connectivity index (χ3n) is 3.16. The molecule has 1 aromatic rings. The van der Waals surface area contributed by atoms with Gasteiger partial charge in [-0.3, -0.25) is 4.99 Å². The maximum Gasteiger partial charge on any atom is 0.226 e. The Hall–Kier alpha value is -1.59. The Labute approximate surface area is 127 Å². The molecule has 1 aromatic heterocycles. The summed E-state index contributed by atoms with van der Waals surface area (Å²) >= 11 is 0. The van der Waals surface area contributed by atoms with Gasteiger partial charge in [0.05, 0.1) is 0 Å². The number of aliphatic imine (C=N–C) groups is 1. The van der Waals surface area contributed by atoms with Gasteiger partial charge in [0.1, 0.15) is 0 Å². The second-order valence-electron chi connectivity index (χ2n) is 5.52. The lowest BCUT2D eigenvalue weighted by Crippen LogP contribution is -2.42. The molecule has 0 saturated carbocycles. The highest BCUT2D eigenvalue weighted by atomic mass is 16.5. The quantitative estimate of drug-likeness (QED) is 0.438.